The second kappa shape index (κ2) is 8.01. The molecular formula is C20H17NO3S2. The number of nitrogens with zero attached hydrogens (tertiary/aromatic N) is 1. The average Bonchev–Trinajstić information content (AvgIpc) is 3.39. The summed E-state index contributed by atoms with van der Waals surface area (Å²) >= 11 is 3.89. The molecule has 4 rings (SSSR count). The molecule has 2 aromatic carbocycles. The number of rotatable bonds is 5. The molecule has 1 aliphatic heterocycles. The molecule has 0 amide bonds. The Hall–Kier alpha value is -2.18. The lowest BCUT2D eigenvalue weighted by molar-refractivity contribution is 0.0464. The van der Waals surface area contributed by atoms with E-state index < -0.39 is 0 Å². The van der Waals surface area contributed by atoms with Gasteiger partial charge >= 0.3 is 5.97 Å². The molecule has 1 aliphatic rings. The first kappa shape index (κ1) is 17.2. The van der Waals surface area contributed by atoms with Crippen molar-refractivity contribution in [3.05, 3.63) is 77.5 Å². The molecule has 1 saturated heterocycles. The highest BCUT2D eigenvalue weighted by Crippen LogP contribution is 2.45. The topological polar surface area (TPSA) is 52.3 Å². The van der Waals surface area contributed by atoms with Crippen molar-refractivity contribution in [2.45, 2.75) is 11.2 Å². The third-order valence-corrected chi connectivity index (χ3v) is 7.11. The third-order valence-electron chi connectivity index (χ3n) is 4.01. The van der Waals surface area contributed by atoms with Crippen LogP contribution in [0.25, 0.3) is 11.3 Å². The first-order valence-electron chi connectivity index (χ1n) is 8.31. The van der Waals surface area contributed by atoms with Gasteiger partial charge in [-0.15, -0.1) is 23.5 Å². The van der Waals surface area contributed by atoms with Gasteiger partial charge < -0.3 is 9.26 Å². The second-order valence-electron chi connectivity index (χ2n) is 5.82. The molecule has 6 heteroatoms. The zero-order chi connectivity index (χ0) is 17.8. The fourth-order valence-corrected chi connectivity index (χ4v) is 5.53. The average molecular weight is 383 g/mol. The number of esters is 1. The molecule has 3 aromatic rings. The molecule has 132 valence electrons. The number of hydrogen-bond donors (Lipinski definition) is 0. The number of benzene rings is 2. The van der Waals surface area contributed by atoms with Gasteiger partial charge in [0.1, 0.15) is 12.3 Å². The maximum absolute atomic E-state index is 12.2. The molecule has 1 fully saturated rings. The molecule has 0 radical (unpaired) electrons. The molecule has 1 aromatic heterocycles. The summed E-state index contributed by atoms with van der Waals surface area (Å²) in [5.41, 5.74) is 3.33. The Balaban J connectivity index is 1.36. The lowest BCUT2D eigenvalue weighted by Gasteiger charge is -2.09. The summed E-state index contributed by atoms with van der Waals surface area (Å²) in [6.45, 7) is 0.0885. The predicted octanol–water partition coefficient (Wildman–Crippen LogP) is 5.18. The first-order valence-corrected chi connectivity index (χ1v) is 10.4. The quantitative estimate of drug-likeness (QED) is 0.566. The van der Waals surface area contributed by atoms with Gasteiger partial charge in [0, 0.05) is 23.1 Å². The van der Waals surface area contributed by atoms with Crippen molar-refractivity contribution in [2.75, 3.05) is 11.5 Å². The molecule has 0 saturated carbocycles. The Morgan fingerprint density at radius 1 is 1.08 bits per heavy atom. The van der Waals surface area contributed by atoms with E-state index >= 15 is 0 Å². The highest BCUT2D eigenvalue weighted by molar-refractivity contribution is 8.19. The van der Waals surface area contributed by atoms with Crippen LogP contribution in [0.3, 0.4) is 0 Å². The van der Waals surface area contributed by atoms with Crippen LogP contribution in [-0.2, 0) is 11.3 Å². The largest absolute Gasteiger partial charge is 0.455 e. The number of carbonyl (C=O) groups excluding carboxylic acids is 1. The summed E-state index contributed by atoms with van der Waals surface area (Å²) < 4.78 is 11.2. The molecule has 26 heavy (non-hydrogen) atoms. The number of aromatic nitrogens is 1. The van der Waals surface area contributed by atoms with E-state index in [4.69, 9.17) is 9.26 Å². The third kappa shape index (κ3) is 3.97. The molecular weight excluding hydrogens is 366 g/mol. The van der Waals surface area contributed by atoms with Gasteiger partial charge in [0.2, 0.25) is 0 Å². The number of carbonyl (C=O) groups is 1. The number of thioether (sulfide) groups is 2. The normalized spacial score (nSPS) is 14.5. The zero-order valence-electron chi connectivity index (χ0n) is 14.0. The van der Waals surface area contributed by atoms with Gasteiger partial charge in [-0.1, -0.05) is 47.6 Å². The fourth-order valence-electron chi connectivity index (χ4n) is 2.67. The fraction of sp³-hybridized carbons (Fsp3) is 0.200. The lowest BCUT2D eigenvalue weighted by atomic mass is 10.1. The Kier molecular flexibility index (Phi) is 5.32. The van der Waals surface area contributed by atoms with Crippen LogP contribution >= 0.6 is 23.5 Å². The van der Waals surface area contributed by atoms with Crippen LogP contribution in [0, 0.1) is 0 Å². The van der Waals surface area contributed by atoms with Crippen molar-refractivity contribution in [1.29, 1.82) is 0 Å². The number of ether oxygens (including phenoxy) is 1. The zero-order valence-corrected chi connectivity index (χ0v) is 15.6. The molecule has 0 bridgehead atoms. The molecule has 4 nitrogen and oxygen atoms in total. The van der Waals surface area contributed by atoms with E-state index in [-0.39, 0.29) is 12.6 Å². The highest BCUT2D eigenvalue weighted by atomic mass is 32.2. The van der Waals surface area contributed by atoms with Gasteiger partial charge in [-0.05, 0) is 17.7 Å². The van der Waals surface area contributed by atoms with Crippen LogP contribution in [0.1, 0.15) is 26.2 Å². The second-order valence-corrected chi connectivity index (χ2v) is 8.54. The Labute approximate surface area is 160 Å². The summed E-state index contributed by atoms with van der Waals surface area (Å²) in [6.07, 6.45) is 0. The van der Waals surface area contributed by atoms with Crippen molar-refractivity contribution in [1.82, 2.24) is 5.16 Å². The molecule has 0 unspecified atom stereocenters. The maximum atomic E-state index is 12.2. The van der Waals surface area contributed by atoms with Crippen molar-refractivity contribution >= 4 is 29.5 Å². The number of hydrogen-bond acceptors (Lipinski definition) is 6. The Morgan fingerprint density at radius 3 is 2.54 bits per heavy atom. The molecule has 2 heterocycles. The minimum atomic E-state index is -0.354. The lowest BCUT2D eigenvalue weighted by Crippen LogP contribution is -2.05. The summed E-state index contributed by atoms with van der Waals surface area (Å²) in [4.78, 5) is 12.2. The van der Waals surface area contributed by atoms with E-state index in [1.54, 1.807) is 6.07 Å². The van der Waals surface area contributed by atoms with Gasteiger partial charge in [0.05, 0.1) is 10.1 Å². The highest BCUT2D eigenvalue weighted by Gasteiger charge is 2.18. The van der Waals surface area contributed by atoms with Gasteiger partial charge in [-0.2, -0.15) is 0 Å². The van der Waals surface area contributed by atoms with Crippen LogP contribution < -0.4 is 0 Å². The van der Waals surface area contributed by atoms with Crippen molar-refractivity contribution in [3.8, 4) is 11.3 Å². The Morgan fingerprint density at radius 2 is 1.81 bits per heavy atom. The maximum Gasteiger partial charge on any atom is 0.338 e. The van der Waals surface area contributed by atoms with Crippen molar-refractivity contribution < 1.29 is 14.1 Å². The minimum absolute atomic E-state index is 0.0885. The smallest absolute Gasteiger partial charge is 0.338 e. The Bertz CT molecular complexity index is 872. The summed E-state index contributed by atoms with van der Waals surface area (Å²) in [5, 5.41) is 3.97. The van der Waals surface area contributed by atoms with Gasteiger partial charge in [-0.3, -0.25) is 0 Å². The van der Waals surface area contributed by atoms with Gasteiger partial charge in [-0.25, -0.2) is 4.79 Å². The van der Waals surface area contributed by atoms with Gasteiger partial charge in [0.15, 0.2) is 5.76 Å². The van der Waals surface area contributed by atoms with Crippen molar-refractivity contribution in [2.24, 2.45) is 0 Å². The monoisotopic (exact) mass is 383 g/mol. The van der Waals surface area contributed by atoms with Crippen LogP contribution in [-0.4, -0.2) is 22.6 Å². The predicted molar refractivity (Wildman–Crippen MR) is 105 cm³/mol. The van der Waals surface area contributed by atoms with E-state index in [1.165, 1.54) is 17.1 Å². The first-order chi connectivity index (χ1) is 12.8. The minimum Gasteiger partial charge on any atom is -0.455 e. The SMILES string of the molecule is O=C(OCc1cc(-c2ccccc2)on1)c1ccc(C2SCCS2)cc1. The summed E-state index contributed by atoms with van der Waals surface area (Å²) in [5.74, 6) is 2.67. The summed E-state index contributed by atoms with van der Waals surface area (Å²) in [7, 11) is 0. The molecule has 0 spiro atoms. The van der Waals surface area contributed by atoms with Crippen LogP contribution in [0.2, 0.25) is 0 Å². The molecule has 0 N–H and O–H groups in total. The molecule has 0 aliphatic carbocycles. The van der Waals surface area contributed by atoms with Crippen LogP contribution in [0.15, 0.2) is 65.2 Å². The van der Waals surface area contributed by atoms with Crippen LogP contribution in [0.5, 0.6) is 0 Å². The van der Waals surface area contributed by atoms with E-state index in [2.05, 4.69) is 5.16 Å². The van der Waals surface area contributed by atoms with Gasteiger partial charge in [0.25, 0.3) is 0 Å². The van der Waals surface area contributed by atoms with E-state index in [1.807, 2.05) is 78.1 Å². The van der Waals surface area contributed by atoms with E-state index in [9.17, 15) is 4.79 Å². The van der Waals surface area contributed by atoms with Crippen molar-refractivity contribution in [3.63, 3.8) is 0 Å². The molecule has 0 atom stereocenters. The standard InChI is InChI=1S/C20H17NO3S2/c22-19(15-6-8-16(9-7-15)20-25-10-11-26-20)23-13-17-12-18(24-21-17)14-4-2-1-3-5-14/h1-9,12,20H,10-11,13H2. The van der Waals surface area contributed by atoms with E-state index in [0.717, 1.165) is 5.56 Å². The van der Waals surface area contributed by atoms with Crippen LogP contribution in [0.4, 0.5) is 0 Å². The van der Waals surface area contributed by atoms with E-state index in [0.29, 0.717) is 21.6 Å². The summed E-state index contributed by atoms with van der Waals surface area (Å²) in [6, 6.07) is 19.2.